The Bertz CT molecular complexity index is 929. The highest BCUT2D eigenvalue weighted by Crippen LogP contribution is 2.43. The van der Waals surface area contributed by atoms with Crippen molar-refractivity contribution in [2.24, 2.45) is 11.8 Å². The summed E-state index contributed by atoms with van der Waals surface area (Å²) in [4.78, 5) is 26.0. The lowest BCUT2D eigenvalue weighted by molar-refractivity contribution is -0.939. The monoisotopic (exact) mass is 444 g/mol. The number of rotatable bonds is 7. The zero-order valence-corrected chi connectivity index (χ0v) is 18.1. The molecule has 172 valence electrons. The molecular formula is C23H30N3O6+. The van der Waals surface area contributed by atoms with Crippen molar-refractivity contribution >= 4 is 17.7 Å². The number of ether oxygens (including phenoxy) is 1. The molecule has 0 spiro atoms. The van der Waals surface area contributed by atoms with Gasteiger partial charge in [-0.05, 0) is 25.0 Å². The average molecular weight is 445 g/mol. The Kier molecular flexibility index (Phi) is 5.54. The van der Waals surface area contributed by atoms with Crippen LogP contribution in [0.15, 0.2) is 39.7 Å². The number of amides is 1. The summed E-state index contributed by atoms with van der Waals surface area (Å²) >= 11 is 0. The second-order valence-electron chi connectivity index (χ2n) is 9.57. The molecule has 0 radical (unpaired) electrons. The summed E-state index contributed by atoms with van der Waals surface area (Å²) in [5.41, 5.74) is -1.76. The first kappa shape index (κ1) is 21.2. The molecule has 32 heavy (non-hydrogen) atoms. The number of quaternary nitrogens is 1. The first-order valence-corrected chi connectivity index (χ1v) is 11.5. The van der Waals surface area contributed by atoms with Gasteiger partial charge in [-0.25, -0.2) is 4.79 Å². The van der Waals surface area contributed by atoms with Crippen LogP contribution in [0.2, 0.25) is 0 Å². The van der Waals surface area contributed by atoms with Crippen molar-refractivity contribution in [3.8, 4) is 0 Å². The van der Waals surface area contributed by atoms with E-state index in [0.29, 0.717) is 23.4 Å². The highest BCUT2D eigenvalue weighted by molar-refractivity contribution is 5.90. The summed E-state index contributed by atoms with van der Waals surface area (Å²) in [6.45, 7) is 2.60. The van der Waals surface area contributed by atoms with Crippen molar-refractivity contribution in [1.29, 1.82) is 0 Å². The van der Waals surface area contributed by atoms with Crippen molar-refractivity contribution in [3.63, 3.8) is 0 Å². The fraction of sp³-hybridized carbons (Fsp3) is 0.609. The molecule has 3 aliphatic heterocycles. The molecule has 1 unspecified atom stereocenters. The zero-order valence-electron chi connectivity index (χ0n) is 18.1. The van der Waals surface area contributed by atoms with Crippen LogP contribution in [0.25, 0.3) is 0 Å². The maximum absolute atomic E-state index is 13.4. The number of carbonyl (C=O) groups excluding carboxylic acids is 2. The fourth-order valence-corrected chi connectivity index (χ4v) is 5.88. The van der Waals surface area contributed by atoms with E-state index in [0.717, 1.165) is 51.6 Å². The molecule has 5 heterocycles. The zero-order chi connectivity index (χ0) is 22.2. The van der Waals surface area contributed by atoms with Crippen LogP contribution in [0.3, 0.4) is 0 Å². The lowest BCUT2D eigenvalue weighted by atomic mass is 9.81. The van der Waals surface area contributed by atoms with Gasteiger partial charge in [0, 0.05) is 30.7 Å². The number of anilines is 1. The van der Waals surface area contributed by atoms with Crippen molar-refractivity contribution in [3.05, 3.63) is 36.5 Å². The lowest BCUT2D eigenvalue weighted by Gasteiger charge is -2.51. The van der Waals surface area contributed by atoms with E-state index in [1.165, 1.54) is 12.5 Å². The Morgan fingerprint density at radius 3 is 2.62 bits per heavy atom. The molecule has 2 atom stereocenters. The number of esters is 1. The Hall–Kier alpha value is -2.65. The SMILES string of the molecule is O=C(C[N+]12CCC(CC1)[C@@H](OC(=O)C(O)(c1ccco1)C1CCCC1)C2)Nc1ccon1. The minimum Gasteiger partial charge on any atom is -0.466 e. The number of aromatic nitrogens is 1. The van der Waals surface area contributed by atoms with Gasteiger partial charge in [-0.1, -0.05) is 18.0 Å². The molecule has 2 aromatic rings. The van der Waals surface area contributed by atoms with E-state index in [9.17, 15) is 14.7 Å². The van der Waals surface area contributed by atoms with Crippen molar-refractivity contribution in [2.45, 2.75) is 50.2 Å². The van der Waals surface area contributed by atoms with E-state index in [2.05, 4.69) is 10.5 Å². The number of carbonyl (C=O) groups is 2. The Labute approximate surface area is 186 Å². The van der Waals surface area contributed by atoms with E-state index < -0.39 is 11.6 Å². The smallest absolute Gasteiger partial charge is 0.346 e. The third-order valence-electron chi connectivity index (χ3n) is 7.64. The molecule has 4 aliphatic rings. The van der Waals surface area contributed by atoms with E-state index in [-0.39, 0.29) is 29.6 Å². The molecule has 4 fully saturated rings. The topological polar surface area (TPSA) is 115 Å². The molecule has 2 aromatic heterocycles. The Morgan fingerprint density at radius 1 is 1.19 bits per heavy atom. The standard InChI is InChI=1S/C23H29N3O6/c27-21(24-20-9-13-31-25-20)15-26-10-7-16(8-11-26)18(14-26)32-22(28)23(29,17-4-1-2-5-17)19-6-3-12-30-19/h3,6,9,12-13,16-18,29H,1-2,4-5,7-8,10-11,14-15H2/p+1/t16?,18-,23?,26?/m0/s1. The van der Waals surface area contributed by atoms with Gasteiger partial charge in [-0.3, -0.25) is 4.79 Å². The van der Waals surface area contributed by atoms with E-state index in [1.807, 2.05) is 0 Å². The Morgan fingerprint density at radius 2 is 1.97 bits per heavy atom. The van der Waals surface area contributed by atoms with Gasteiger partial charge in [-0.15, -0.1) is 0 Å². The number of fused-ring (bicyclic) bond motifs is 3. The molecule has 1 saturated carbocycles. The van der Waals surface area contributed by atoms with Gasteiger partial charge in [0.25, 0.3) is 5.91 Å². The van der Waals surface area contributed by atoms with Crippen LogP contribution in [0.5, 0.6) is 0 Å². The lowest BCUT2D eigenvalue weighted by Crippen LogP contribution is -2.66. The molecule has 9 nitrogen and oxygen atoms in total. The quantitative estimate of drug-likeness (QED) is 0.498. The number of hydrogen-bond donors (Lipinski definition) is 2. The largest absolute Gasteiger partial charge is 0.466 e. The highest BCUT2D eigenvalue weighted by Gasteiger charge is 2.54. The van der Waals surface area contributed by atoms with Gasteiger partial charge >= 0.3 is 5.97 Å². The minimum absolute atomic E-state index is 0.137. The predicted octanol–water partition coefficient (Wildman–Crippen LogP) is 2.44. The van der Waals surface area contributed by atoms with Crippen LogP contribution < -0.4 is 5.32 Å². The third kappa shape index (κ3) is 3.84. The number of piperidine rings is 3. The highest BCUT2D eigenvalue weighted by atomic mass is 16.6. The maximum atomic E-state index is 13.4. The maximum Gasteiger partial charge on any atom is 0.346 e. The summed E-state index contributed by atoms with van der Waals surface area (Å²) in [6, 6.07) is 4.94. The molecule has 2 bridgehead atoms. The van der Waals surface area contributed by atoms with Crippen LogP contribution in [0, 0.1) is 11.8 Å². The molecular weight excluding hydrogens is 414 g/mol. The second kappa shape index (κ2) is 8.37. The van der Waals surface area contributed by atoms with E-state index >= 15 is 0 Å². The van der Waals surface area contributed by atoms with Gasteiger partial charge in [0.15, 0.2) is 18.5 Å². The normalized spacial score (nSPS) is 29.5. The molecule has 2 N–H and O–H groups in total. The third-order valence-corrected chi connectivity index (χ3v) is 7.64. The Balaban J connectivity index is 1.29. The van der Waals surface area contributed by atoms with Crippen LogP contribution in [-0.4, -0.2) is 58.9 Å². The van der Waals surface area contributed by atoms with Crippen molar-refractivity contribution < 1.29 is 32.9 Å². The van der Waals surface area contributed by atoms with E-state index in [1.54, 1.807) is 18.2 Å². The molecule has 9 heteroatoms. The van der Waals surface area contributed by atoms with Crippen LogP contribution in [-0.2, 0) is 19.9 Å². The van der Waals surface area contributed by atoms with Crippen LogP contribution in [0.1, 0.15) is 44.3 Å². The summed E-state index contributed by atoms with van der Waals surface area (Å²) in [5.74, 6) is -0.0685. The summed E-state index contributed by atoms with van der Waals surface area (Å²) in [6.07, 6.45) is 7.83. The molecule has 3 saturated heterocycles. The fourth-order valence-electron chi connectivity index (χ4n) is 5.88. The van der Waals surface area contributed by atoms with E-state index in [4.69, 9.17) is 13.7 Å². The molecule has 6 rings (SSSR count). The van der Waals surface area contributed by atoms with Crippen LogP contribution >= 0.6 is 0 Å². The van der Waals surface area contributed by atoms with Gasteiger partial charge in [-0.2, -0.15) is 0 Å². The van der Waals surface area contributed by atoms with Crippen molar-refractivity contribution in [1.82, 2.24) is 5.16 Å². The van der Waals surface area contributed by atoms with Gasteiger partial charge in [0.1, 0.15) is 18.6 Å². The molecule has 1 aliphatic carbocycles. The van der Waals surface area contributed by atoms with Gasteiger partial charge < -0.3 is 28.6 Å². The second-order valence-corrected chi connectivity index (χ2v) is 9.57. The summed E-state index contributed by atoms with van der Waals surface area (Å²) in [7, 11) is 0. The van der Waals surface area contributed by atoms with Crippen molar-refractivity contribution in [2.75, 3.05) is 31.5 Å². The van der Waals surface area contributed by atoms with Gasteiger partial charge in [0.05, 0.1) is 19.4 Å². The number of furan rings is 1. The first-order valence-electron chi connectivity index (χ1n) is 11.5. The number of aliphatic hydroxyl groups is 1. The summed E-state index contributed by atoms with van der Waals surface area (Å²) < 4.78 is 16.8. The number of nitrogens with one attached hydrogen (secondary N) is 1. The summed E-state index contributed by atoms with van der Waals surface area (Å²) in [5, 5.41) is 18.0. The number of nitrogens with zero attached hydrogens (tertiary/aromatic N) is 2. The molecule has 1 amide bonds. The molecule has 0 aromatic carbocycles. The average Bonchev–Trinajstić information content (AvgIpc) is 3.57. The first-order chi connectivity index (χ1) is 15.5. The number of hydrogen-bond acceptors (Lipinski definition) is 7. The van der Waals surface area contributed by atoms with Gasteiger partial charge in [0.2, 0.25) is 5.60 Å². The minimum atomic E-state index is -1.76. The van der Waals surface area contributed by atoms with Crippen LogP contribution in [0.4, 0.5) is 5.82 Å². The predicted molar refractivity (Wildman–Crippen MR) is 112 cm³/mol.